The number of hydrogen-bond acceptors (Lipinski definition) is 1. The highest BCUT2D eigenvalue weighted by molar-refractivity contribution is 6.30. The lowest BCUT2D eigenvalue weighted by Gasteiger charge is -2.16. The lowest BCUT2D eigenvalue weighted by Crippen LogP contribution is -3.11. The third kappa shape index (κ3) is 3.00. The zero-order valence-corrected chi connectivity index (χ0v) is 16.0. The van der Waals surface area contributed by atoms with Gasteiger partial charge in [-0.15, -0.1) is 0 Å². The molecule has 2 aromatic carbocycles. The zero-order valence-electron chi connectivity index (χ0n) is 15.2. The predicted octanol–water partition coefficient (Wildman–Crippen LogP) is 3.53. The molecule has 1 N–H and O–H groups in total. The molecule has 0 bridgehead atoms. The second-order valence-corrected chi connectivity index (χ2v) is 7.09. The van der Waals surface area contributed by atoms with Crippen molar-refractivity contribution in [1.82, 2.24) is 14.0 Å². The van der Waals surface area contributed by atoms with E-state index in [1.165, 1.54) is 11.3 Å². The fourth-order valence-corrected chi connectivity index (χ4v) is 3.72. The number of imidazole rings is 2. The van der Waals surface area contributed by atoms with Gasteiger partial charge in [0, 0.05) is 11.2 Å². The standard InChI is InChI=1S/C21H23ClN4/c1-3-24(4-2)13-14-25-20(16-9-11-17(22)12-10-16)15-26-19-8-6-5-7-18(19)23-21(25)26/h5-12,15H,3-4,13-14H2,1-2H3/p+1. The lowest BCUT2D eigenvalue weighted by molar-refractivity contribution is -0.897. The van der Waals surface area contributed by atoms with Gasteiger partial charge in [-0.2, -0.15) is 0 Å². The number of likely N-dealkylation sites (N-methyl/N-ethyl adjacent to an activating group) is 1. The van der Waals surface area contributed by atoms with Crippen molar-refractivity contribution in [3.05, 3.63) is 59.8 Å². The molecular formula is C21H24ClN4+. The first kappa shape index (κ1) is 17.1. The van der Waals surface area contributed by atoms with Gasteiger partial charge in [0.05, 0.1) is 42.9 Å². The second kappa shape index (κ2) is 7.14. The number of aromatic nitrogens is 3. The molecule has 2 aromatic heterocycles. The number of benzene rings is 2. The van der Waals surface area contributed by atoms with Gasteiger partial charge in [-0.05, 0) is 43.7 Å². The van der Waals surface area contributed by atoms with Crippen molar-refractivity contribution in [2.75, 3.05) is 19.6 Å². The normalized spacial score (nSPS) is 11.8. The van der Waals surface area contributed by atoms with E-state index >= 15 is 0 Å². The molecule has 4 aromatic rings. The van der Waals surface area contributed by atoms with Crippen LogP contribution in [0.2, 0.25) is 5.02 Å². The van der Waals surface area contributed by atoms with Crippen LogP contribution in [0.25, 0.3) is 28.1 Å². The van der Waals surface area contributed by atoms with Crippen LogP contribution < -0.4 is 4.90 Å². The van der Waals surface area contributed by atoms with Crippen LogP contribution in [0, 0.1) is 0 Å². The van der Waals surface area contributed by atoms with E-state index in [1.54, 1.807) is 4.90 Å². The minimum atomic E-state index is 0.759. The molecule has 4 nitrogen and oxygen atoms in total. The number of halogens is 1. The van der Waals surface area contributed by atoms with E-state index in [0.29, 0.717) is 0 Å². The number of para-hydroxylation sites is 2. The average Bonchev–Trinajstić information content (AvgIpc) is 3.20. The lowest BCUT2D eigenvalue weighted by atomic mass is 10.1. The summed E-state index contributed by atoms with van der Waals surface area (Å²) >= 11 is 6.09. The Balaban J connectivity index is 1.85. The van der Waals surface area contributed by atoms with Gasteiger partial charge in [0.15, 0.2) is 0 Å². The quantitative estimate of drug-likeness (QED) is 0.554. The van der Waals surface area contributed by atoms with Crippen LogP contribution in [-0.4, -0.2) is 33.6 Å². The van der Waals surface area contributed by atoms with Crippen LogP contribution in [0.5, 0.6) is 0 Å². The van der Waals surface area contributed by atoms with Gasteiger partial charge in [-0.25, -0.2) is 4.98 Å². The van der Waals surface area contributed by atoms with Crippen molar-refractivity contribution >= 4 is 28.4 Å². The van der Waals surface area contributed by atoms with Gasteiger partial charge in [-0.3, -0.25) is 4.40 Å². The summed E-state index contributed by atoms with van der Waals surface area (Å²) in [5.41, 5.74) is 4.53. The molecule has 0 atom stereocenters. The molecule has 5 heteroatoms. The first-order chi connectivity index (χ1) is 12.7. The van der Waals surface area contributed by atoms with Crippen molar-refractivity contribution in [2.24, 2.45) is 0 Å². The highest BCUT2D eigenvalue weighted by Crippen LogP contribution is 2.27. The molecular weight excluding hydrogens is 344 g/mol. The number of nitrogens with zero attached hydrogens (tertiary/aromatic N) is 3. The first-order valence-electron chi connectivity index (χ1n) is 9.27. The smallest absolute Gasteiger partial charge is 0.215 e. The largest absolute Gasteiger partial charge is 0.334 e. The molecule has 0 saturated heterocycles. The van der Waals surface area contributed by atoms with Gasteiger partial charge in [0.2, 0.25) is 5.78 Å². The molecule has 134 valence electrons. The Morgan fingerprint density at radius 3 is 2.46 bits per heavy atom. The zero-order chi connectivity index (χ0) is 18.1. The number of hydrogen-bond donors (Lipinski definition) is 1. The van der Waals surface area contributed by atoms with E-state index in [0.717, 1.165) is 48.0 Å². The summed E-state index contributed by atoms with van der Waals surface area (Å²) in [4.78, 5) is 6.49. The van der Waals surface area contributed by atoms with Gasteiger partial charge in [0.1, 0.15) is 0 Å². The monoisotopic (exact) mass is 367 g/mol. The molecule has 2 heterocycles. The number of rotatable bonds is 6. The Morgan fingerprint density at radius 1 is 1.00 bits per heavy atom. The van der Waals surface area contributed by atoms with Gasteiger partial charge in [-0.1, -0.05) is 35.9 Å². The fourth-order valence-electron chi connectivity index (χ4n) is 3.59. The van der Waals surface area contributed by atoms with E-state index in [-0.39, 0.29) is 0 Å². The summed E-state index contributed by atoms with van der Waals surface area (Å²) in [6.45, 7) is 8.79. The minimum absolute atomic E-state index is 0.759. The van der Waals surface area contributed by atoms with Gasteiger partial charge in [0.25, 0.3) is 0 Å². The van der Waals surface area contributed by atoms with Crippen LogP contribution in [0.4, 0.5) is 0 Å². The summed E-state index contributed by atoms with van der Waals surface area (Å²) in [6, 6.07) is 16.4. The average molecular weight is 368 g/mol. The third-order valence-corrected chi connectivity index (χ3v) is 5.44. The van der Waals surface area contributed by atoms with E-state index in [2.05, 4.69) is 59.3 Å². The second-order valence-electron chi connectivity index (χ2n) is 6.65. The molecule has 26 heavy (non-hydrogen) atoms. The highest BCUT2D eigenvalue weighted by atomic mass is 35.5. The van der Waals surface area contributed by atoms with Crippen molar-refractivity contribution in [1.29, 1.82) is 0 Å². The van der Waals surface area contributed by atoms with E-state index < -0.39 is 0 Å². The number of nitrogens with one attached hydrogen (secondary N) is 1. The molecule has 0 fully saturated rings. The van der Waals surface area contributed by atoms with E-state index in [9.17, 15) is 0 Å². The number of fused-ring (bicyclic) bond motifs is 3. The predicted molar refractivity (Wildman–Crippen MR) is 108 cm³/mol. The van der Waals surface area contributed by atoms with E-state index in [1.807, 2.05) is 18.2 Å². The van der Waals surface area contributed by atoms with Gasteiger partial charge >= 0.3 is 0 Å². The van der Waals surface area contributed by atoms with Crippen LogP contribution in [-0.2, 0) is 6.54 Å². The maximum absolute atomic E-state index is 6.09. The molecule has 0 aliphatic heterocycles. The maximum Gasteiger partial charge on any atom is 0.215 e. The van der Waals surface area contributed by atoms with Gasteiger partial charge < -0.3 is 9.47 Å². The Labute approximate surface area is 158 Å². The fraction of sp³-hybridized carbons (Fsp3) is 0.286. The molecule has 0 unspecified atom stereocenters. The molecule has 0 amide bonds. The first-order valence-corrected chi connectivity index (χ1v) is 9.65. The Hall–Kier alpha value is -2.30. The van der Waals surface area contributed by atoms with Crippen LogP contribution in [0.3, 0.4) is 0 Å². The molecule has 0 radical (unpaired) electrons. The SMILES string of the molecule is CC[NH+](CC)CCn1c(-c2ccc(Cl)cc2)cn2c3ccccc3nc12. The molecule has 0 aliphatic carbocycles. The van der Waals surface area contributed by atoms with Crippen molar-refractivity contribution in [2.45, 2.75) is 20.4 Å². The molecule has 0 spiro atoms. The Kier molecular flexibility index (Phi) is 4.70. The van der Waals surface area contributed by atoms with Crippen LogP contribution >= 0.6 is 11.6 Å². The van der Waals surface area contributed by atoms with Crippen molar-refractivity contribution in [3.63, 3.8) is 0 Å². The highest BCUT2D eigenvalue weighted by Gasteiger charge is 2.16. The number of quaternary nitrogens is 1. The summed E-state index contributed by atoms with van der Waals surface area (Å²) in [5, 5.41) is 0.759. The maximum atomic E-state index is 6.09. The van der Waals surface area contributed by atoms with Crippen molar-refractivity contribution < 1.29 is 4.90 Å². The van der Waals surface area contributed by atoms with Crippen molar-refractivity contribution in [3.8, 4) is 11.3 Å². The summed E-state index contributed by atoms with van der Waals surface area (Å²) in [7, 11) is 0. The molecule has 4 rings (SSSR count). The van der Waals surface area contributed by atoms with Crippen LogP contribution in [0.1, 0.15) is 13.8 Å². The Bertz CT molecular complexity index is 1030. The molecule has 0 saturated carbocycles. The molecule has 0 aliphatic rings. The third-order valence-electron chi connectivity index (χ3n) is 5.19. The summed E-state index contributed by atoms with van der Waals surface area (Å²) in [6.07, 6.45) is 2.20. The Morgan fingerprint density at radius 2 is 1.73 bits per heavy atom. The van der Waals surface area contributed by atoms with Crippen LogP contribution in [0.15, 0.2) is 54.7 Å². The van der Waals surface area contributed by atoms with E-state index in [4.69, 9.17) is 16.6 Å². The topological polar surface area (TPSA) is 26.7 Å². The summed E-state index contributed by atoms with van der Waals surface area (Å²) < 4.78 is 4.55. The summed E-state index contributed by atoms with van der Waals surface area (Å²) in [5.74, 6) is 1.00. The minimum Gasteiger partial charge on any atom is -0.334 e.